The maximum atomic E-state index is 5.77. The Morgan fingerprint density at radius 2 is 1.84 bits per heavy atom. The molecule has 0 fully saturated rings. The molecule has 0 saturated carbocycles. The highest BCUT2D eigenvalue weighted by molar-refractivity contribution is 5.63. The van der Waals surface area contributed by atoms with Crippen molar-refractivity contribution in [1.82, 2.24) is 4.98 Å². The predicted molar refractivity (Wildman–Crippen MR) is 75.6 cm³/mol. The normalized spacial score (nSPS) is 10.5. The van der Waals surface area contributed by atoms with Gasteiger partial charge in [0.2, 0.25) is 0 Å². The third kappa shape index (κ3) is 2.65. The van der Waals surface area contributed by atoms with Gasteiger partial charge in [-0.2, -0.15) is 0 Å². The number of nitrogens with zero attached hydrogens (tertiary/aromatic N) is 1. The van der Waals surface area contributed by atoms with Gasteiger partial charge in [0.05, 0.1) is 0 Å². The van der Waals surface area contributed by atoms with Crippen LogP contribution in [0.2, 0.25) is 0 Å². The van der Waals surface area contributed by atoms with Crippen molar-refractivity contribution in [3.8, 4) is 11.3 Å². The predicted octanol–water partition coefficient (Wildman–Crippen LogP) is 3.51. The van der Waals surface area contributed by atoms with Crippen LogP contribution in [0.1, 0.15) is 11.5 Å². The summed E-state index contributed by atoms with van der Waals surface area (Å²) in [4.78, 5) is 4.49. The van der Waals surface area contributed by atoms with E-state index in [4.69, 9.17) is 10.2 Å². The first-order valence-electron chi connectivity index (χ1n) is 6.15. The zero-order chi connectivity index (χ0) is 13.1. The standard InChI is InChI=1S/C16H14N2O/c17-14-8-4-7-13(10-14)15-11-19-16(18-15)9-12-5-2-1-3-6-12/h1-8,10-11H,9,17H2. The Bertz CT molecular complexity index is 674. The van der Waals surface area contributed by atoms with Crippen LogP contribution >= 0.6 is 0 Å². The second-order valence-corrected chi connectivity index (χ2v) is 4.41. The van der Waals surface area contributed by atoms with Crippen molar-refractivity contribution < 1.29 is 4.42 Å². The van der Waals surface area contributed by atoms with Gasteiger partial charge in [0, 0.05) is 17.7 Å². The Kier molecular flexibility index (Phi) is 3.02. The van der Waals surface area contributed by atoms with E-state index in [0.29, 0.717) is 12.3 Å². The summed E-state index contributed by atoms with van der Waals surface area (Å²) in [6.07, 6.45) is 2.37. The zero-order valence-electron chi connectivity index (χ0n) is 10.4. The number of hydrogen-bond acceptors (Lipinski definition) is 3. The smallest absolute Gasteiger partial charge is 0.198 e. The number of nitrogens with two attached hydrogens (primary N) is 1. The molecule has 19 heavy (non-hydrogen) atoms. The summed E-state index contributed by atoms with van der Waals surface area (Å²) >= 11 is 0. The minimum Gasteiger partial charge on any atom is -0.448 e. The summed E-state index contributed by atoms with van der Waals surface area (Å²) in [5.74, 6) is 0.712. The van der Waals surface area contributed by atoms with Crippen LogP contribution in [0, 0.1) is 0 Å². The highest BCUT2D eigenvalue weighted by Crippen LogP contribution is 2.21. The van der Waals surface area contributed by atoms with Crippen LogP contribution in [0.15, 0.2) is 65.3 Å². The number of aromatic nitrogens is 1. The molecule has 0 unspecified atom stereocenters. The second kappa shape index (κ2) is 4.98. The minimum absolute atomic E-state index is 0.698. The molecule has 94 valence electrons. The van der Waals surface area contributed by atoms with Crippen LogP contribution in [-0.4, -0.2) is 4.98 Å². The van der Waals surface area contributed by atoms with Gasteiger partial charge in [0.1, 0.15) is 12.0 Å². The second-order valence-electron chi connectivity index (χ2n) is 4.41. The maximum absolute atomic E-state index is 5.77. The number of rotatable bonds is 3. The average Bonchev–Trinajstić information content (AvgIpc) is 2.88. The molecule has 3 heteroatoms. The van der Waals surface area contributed by atoms with Crippen molar-refractivity contribution >= 4 is 5.69 Å². The van der Waals surface area contributed by atoms with Crippen molar-refractivity contribution in [2.75, 3.05) is 5.73 Å². The van der Waals surface area contributed by atoms with E-state index < -0.39 is 0 Å². The van der Waals surface area contributed by atoms with Crippen molar-refractivity contribution in [2.45, 2.75) is 6.42 Å². The molecule has 0 bridgehead atoms. The van der Waals surface area contributed by atoms with Gasteiger partial charge < -0.3 is 10.2 Å². The van der Waals surface area contributed by atoms with Gasteiger partial charge in [-0.3, -0.25) is 0 Å². The van der Waals surface area contributed by atoms with Gasteiger partial charge in [0.25, 0.3) is 0 Å². The van der Waals surface area contributed by atoms with E-state index in [1.54, 1.807) is 6.26 Å². The van der Waals surface area contributed by atoms with Crippen LogP contribution in [-0.2, 0) is 6.42 Å². The molecule has 1 aromatic heterocycles. The molecule has 0 saturated heterocycles. The number of oxazole rings is 1. The molecular weight excluding hydrogens is 236 g/mol. The van der Waals surface area contributed by atoms with Crippen LogP contribution in [0.3, 0.4) is 0 Å². The van der Waals surface area contributed by atoms with Crippen LogP contribution in [0.4, 0.5) is 5.69 Å². The Morgan fingerprint density at radius 3 is 2.63 bits per heavy atom. The molecule has 0 spiro atoms. The van der Waals surface area contributed by atoms with Gasteiger partial charge in [-0.25, -0.2) is 4.98 Å². The van der Waals surface area contributed by atoms with Crippen LogP contribution in [0.25, 0.3) is 11.3 Å². The molecule has 3 rings (SSSR count). The SMILES string of the molecule is Nc1cccc(-c2coc(Cc3ccccc3)n2)c1. The van der Waals surface area contributed by atoms with Gasteiger partial charge >= 0.3 is 0 Å². The van der Waals surface area contributed by atoms with E-state index in [1.165, 1.54) is 5.56 Å². The summed E-state index contributed by atoms with van der Waals surface area (Å²) in [5.41, 5.74) is 9.47. The lowest BCUT2D eigenvalue weighted by atomic mass is 10.1. The van der Waals surface area contributed by atoms with Gasteiger partial charge in [0.15, 0.2) is 5.89 Å². The fourth-order valence-corrected chi connectivity index (χ4v) is 1.99. The number of nitrogen functional groups attached to an aromatic ring is 1. The highest BCUT2D eigenvalue weighted by atomic mass is 16.3. The third-order valence-corrected chi connectivity index (χ3v) is 2.93. The van der Waals surface area contributed by atoms with Gasteiger partial charge in [-0.05, 0) is 17.7 Å². The topological polar surface area (TPSA) is 52.0 Å². The van der Waals surface area contributed by atoms with Crippen molar-refractivity contribution in [2.24, 2.45) is 0 Å². The summed E-state index contributed by atoms with van der Waals surface area (Å²) in [6, 6.07) is 17.8. The summed E-state index contributed by atoms with van der Waals surface area (Å²) in [5, 5.41) is 0. The molecule has 0 atom stereocenters. The molecule has 0 aliphatic rings. The first-order valence-corrected chi connectivity index (χ1v) is 6.15. The van der Waals surface area contributed by atoms with Crippen molar-refractivity contribution in [1.29, 1.82) is 0 Å². The van der Waals surface area contributed by atoms with E-state index in [-0.39, 0.29) is 0 Å². The molecule has 3 aromatic rings. The first-order chi connectivity index (χ1) is 9.31. The van der Waals surface area contributed by atoms with E-state index in [9.17, 15) is 0 Å². The van der Waals surface area contributed by atoms with Crippen molar-refractivity contribution in [3.05, 3.63) is 72.3 Å². The highest BCUT2D eigenvalue weighted by Gasteiger charge is 2.07. The fraction of sp³-hybridized carbons (Fsp3) is 0.0625. The summed E-state index contributed by atoms with van der Waals surface area (Å²) < 4.78 is 5.51. The molecule has 0 aliphatic carbocycles. The molecular formula is C16H14N2O. The Balaban J connectivity index is 1.84. The Labute approximate surface area is 111 Å². The lowest BCUT2D eigenvalue weighted by molar-refractivity contribution is 0.507. The molecule has 3 nitrogen and oxygen atoms in total. The molecule has 2 aromatic carbocycles. The molecule has 1 heterocycles. The molecule has 0 radical (unpaired) electrons. The van der Waals surface area contributed by atoms with Gasteiger partial charge in [-0.1, -0.05) is 42.5 Å². The van der Waals surface area contributed by atoms with Crippen LogP contribution < -0.4 is 5.73 Å². The average molecular weight is 250 g/mol. The van der Waals surface area contributed by atoms with Crippen molar-refractivity contribution in [3.63, 3.8) is 0 Å². The number of benzene rings is 2. The van der Waals surface area contributed by atoms with Gasteiger partial charge in [-0.15, -0.1) is 0 Å². The quantitative estimate of drug-likeness (QED) is 0.724. The largest absolute Gasteiger partial charge is 0.448 e. The zero-order valence-corrected chi connectivity index (χ0v) is 10.4. The third-order valence-electron chi connectivity index (χ3n) is 2.93. The first kappa shape index (κ1) is 11.5. The fourth-order valence-electron chi connectivity index (χ4n) is 1.99. The minimum atomic E-state index is 0.698. The molecule has 2 N–H and O–H groups in total. The number of hydrogen-bond donors (Lipinski definition) is 1. The lowest BCUT2D eigenvalue weighted by Gasteiger charge is -1.97. The van der Waals surface area contributed by atoms with E-state index in [2.05, 4.69) is 17.1 Å². The Morgan fingerprint density at radius 1 is 1.00 bits per heavy atom. The molecule has 0 amide bonds. The Hall–Kier alpha value is -2.55. The monoisotopic (exact) mass is 250 g/mol. The van der Waals surface area contributed by atoms with Crippen LogP contribution in [0.5, 0.6) is 0 Å². The molecule has 0 aliphatic heterocycles. The maximum Gasteiger partial charge on any atom is 0.198 e. The summed E-state index contributed by atoms with van der Waals surface area (Å²) in [6.45, 7) is 0. The van der Waals surface area contributed by atoms with E-state index >= 15 is 0 Å². The van der Waals surface area contributed by atoms with E-state index in [1.807, 2.05) is 42.5 Å². The van der Waals surface area contributed by atoms with E-state index in [0.717, 1.165) is 16.9 Å². The summed E-state index contributed by atoms with van der Waals surface area (Å²) in [7, 11) is 0. The lowest BCUT2D eigenvalue weighted by Crippen LogP contribution is -1.88. The number of anilines is 1.